The highest BCUT2D eigenvalue weighted by atomic mass is 32.2. The number of nitrogens with two attached hydrogens (primary N) is 1. The highest BCUT2D eigenvalue weighted by Gasteiger charge is 2.26. The van der Waals surface area contributed by atoms with Gasteiger partial charge in [-0.3, -0.25) is 5.14 Å². The van der Waals surface area contributed by atoms with Gasteiger partial charge < -0.3 is 4.74 Å². The molecule has 0 saturated heterocycles. The molecule has 1 unspecified atom stereocenters. The quantitative estimate of drug-likeness (QED) is 0.828. The lowest BCUT2D eigenvalue weighted by atomic mass is 9.91. The van der Waals surface area contributed by atoms with E-state index in [1.807, 2.05) is 56.3 Å². The molecule has 0 bridgehead atoms. The molecule has 0 aliphatic carbocycles. The minimum atomic E-state index is -1.32. The largest absolute Gasteiger partial charge is 0.489 e. The van der Waals surface area contributed by atoms with Crippen molar-refractivity contribution in [2.45, 2.75) is 44.5 Å². The van der Waals surface area contributed by atoms with E-state index in [-0.39, 0.29) is 4.75 Å². The third-order valence-corrected chi connectivity index (χ3v) is 5.30. The van der Waals surface area contributed by atoms with Gasteiger partial charge in [-0.15, -0.1) is 0 Å². The standard InChI is InChI=1S/C19H25NO2S/c1-15(13-19(2,3)23(20)21)17-9-11-18(12-10-17)22-14-16-7-5-4-6-8-16/h4-12,15H,13-14,20H2,1-3H3/t15-,23?/m0/s1. The van der Waals surface area contributed by atoms with Crippen LogP contribution in [0.2, 0.25) is 0 Å². The van der Waals surface area contributed by atoms with Crippen LogP contribution in [0.4, 0.5) is 0 Å². The first-order valence-corrected chi connectivity index (χ1v) is 9.03. The van der Waals surface area contributed by atoms with Crippen LogP contribution in [0.15, 0.2) is 54.6 Å². The zero-order chi connectivity index (χ0) is 16.9. The Balaban J connectivity index is 1.95. The van der Waals surface area contributed by atoms with Crippen molar-refractivity contribution < 1.29 is 8.95 Å². The zero-order valence-electron chi connectivity index (χ0n) is 14.0. The summed E-state index contributed by atoms with van der Waals surface area (Å²) in [6, 6.07) is 18.2. The Labute approximate surface area is 141 Å². The molecule has 2 rings (SSSR count). The fourth-order valence-corrected chi connectivity index (χ4v) is 2.99. The lowest BCUT2D eigenvalue weighted by Gasteiger charge is -2.25. The third-order valence-electron chi connectivity index (χ3n) is 4.04. The van der Waals surface area contributed by atoms with Gasteiger partial charge in [0.05, 0.1) is 15.7 Å². The SMILES string of the molecule is C[C@@H](CC(C)(C)S(N)=O)c1ccc(OCc2ccccc2)cc1. The van der Waals surface area contributed by atoms with Gasteiger partial charge in [-0.2, -0.15) is 0 Å². The Bertz CT molecular complexity index is 638. The van der Waals surface area contributed by atoms with Crippen LogP contribution in [0.3, 0.4) is 0 Å². The molecular weight excluding hydrogens is 306 g/mol. The summed E-state index contributed by atoms with van der Waals surface area (Å²) in [5.41, 5.74) is 2.35. The smallest absolute Gasteiger partial charge is 0.119 e. The van der Waals surface area contributed by atoms with Gasteiger partial charge in [0, 0.05) is 0 Å². The second kappa shape index (κ2) is 7.75. The summed E-state index contributed by atoms with van der Waals surface area (Å²) in [5, 5.41) is 5.57. The summed E-state index contributed by atoms with van der Waals surface area (Å²) in [6.45, 7) is 6.58. The number of rotatable bonds is 7. The van der Waals surface area contributed by atoms with Crippen LogP contribution in [0.5, 0.6) is 5.75 Å². The molecule has 2 N–H and O–H groups in total. The zero-order valence-corrected chi connectivity index (χ0v) is 14.8. The van der Waals surface area contributed by atoms with Crippen molar-refractivity contribution in [1.82, 2.24) is 0 Å². The molecule has 2 aromatic rings. The molecule has 3 nitrogen and oxygen atoms in total. The van der Waals surface area contributed by atoms with Crippen molar-refractivity contribution in [2.75, 3.05) is 0 Å². The molecule has 0 aliphatic heterocycles. The maximum atomic E-state index is 11.6. The summed E-state index contributed by atoms with van der Waals surface area (Å²) in [5.74, 6) is 1.15. The summed E-state index contributed by atoms with van der Waals surface area (Å²) >= 11 is 0. The summed E-state index contributed by atoms with van der Waals surface area (Å²) < 4.78 is 17.0. The third kappa shape index (κ3) is 5.19. The molecule has 0 amide bonds. The Hall–Kier alpha value is -1.65. The predicted octanol–water partition coefficient (Wildman–Crippen LogP) is 4.16. The molecule has 0 aliphatic rings. The van der Waals surface area contributed by atoms with Gasteiger partial charge in [0.2, 0.25) is 0 Å². The number of benzene rings is 2. The van der Waals surface area contributed by atoms with Crippen molar-refractivity contribution in [3.05, 3.63) is 65.7 Å². The van der Waals surface area contributed by atoms with Crippen molar-refractivity contribution in [1.29, 1.82) is 0 Å². The first-order chi connectivity index (χ1) is 10.9. The van der Waals surface area contributed by atoms with E-state index in [9.17, 15) is 4.21 Å². The molecule has 2 atom stereocenters. The highest BCUT2D eigenvalue weighted by Crippen LogP contribution is 2.29. The van der Waals surface area contributed by atoms with Gasteiger partial charge in [0.25, 0.3) is 0 Å². The maximum Gasteiger partial charge on any atom is 0.119 e. The van der Waals surface area contributed by atoms with Crippen LogP contribution in [-0.2, 0) is 17.6 Å². The fourth-order valence-electron chi connectivity index (χ4n) is 2.57. The average molecular weight is 331 g/mol. The van der Waals surface area contributed by atoms with E-state index in [1.165, 1.54) is 5.56 Å². The van der Waals surface area contributed by atoms with E-state index in [4.69, 9.17) is 9.88 Å². The Morgan fingerprint density at radius 1 is 1.09 bits per heavy atom. The van der Waals surface area contributed by atoms with Crippen LogP contribution in [0, 0.1) is 0 Å². The maximum absolute atomic E-state index is 11.6. The first kappa shape index (κ1) is 17.7. The summed E-state index contributed by atoms with van der Waals surface area (Å²) in [6.07, 6.45) is 0.778. The lowest BCUT2D eigenvalue weighted by Crippen LogP contribution is -2.33. The molecule has 0 aromatic heterocycles. The van der Waals surface area contributed by atoms with E-state index in [0.717, 1.165) is 17.7 Å². The molecule has 0 radical (unpaired) electrons. The molecular formula is C19H25NO2S. The van der Waals surface area contributed by atoms with Crippen LogP contribution in [-0.4, -0.2) is 8.96 Å². The Kier molecular flexibility index (Phi) is 5.97. The van der Waals surface area contributed by atoms with Gasteiger partial charge in [0.15, 0.2) is 0 Å². The number of hydrogen-bond donors (Lipinski definition) is 1. The van der Waals surface area contributed by atoms with Gasteiger partial charge in [-0.25, -0.2) is 4.21 Å². The average Bonchev–Trinajstić information content (AvgIpc) is 2.54. The Morgan fingerprint density at radius 2 is 1.70 bits per heavy atom. The van der Waals surface area contributed by atoms with Crippen molar-refractivity contribution >= 4 is 11.0 Å². The molecule has 4 heteroatoms. The van der Waals surface area contributed by atoms with Gasteiger partial charge in [-0.05, 0) is 49.4 Å². The normalized spacial score (nSPS) is 14.3. The minimum Gasteiger partial charge on any atom is -0.489 e. The van der Waals surface area contributed by atoms with Crippen LogP contribution >= 0.6 is 0 Å². The van der Waals surface area contributed by atoms with Crippen molar-refractivity contribution in [3.8, 4) is 5.75 Å². The van der Waals surface area contributed by atoms with E-state index >= 15 is 0 Å². The second-order valence-corrected chi connectivity index (χ2v) is 8.21. The number of ether oxygens (including phenoxy) is 1. The van der Waals surface area contributed by atoms with Crippen LogP contribution < -0.4 is 9.88 Å². The predicted molar refractivity (Wildman–Crippen MR) is 96.7 cm³/mol. The molecule has 124 valence electrons. The first-order valence-electron chi connectivity index (χ1n) is 7.81. The molecule has 0 saturated carbocycles. The van der Waals surface area contributed by atoms with E-state index in [1.54, 1.807) is 0 Å². The van der Waals surface area contributed by atoms with Crippen LogP contribution in [0.1, 0.15) is 44.2 Å². The number of hydrogen-bond acceptors (Lipinski definition) is 2. The molecule has 0 fully saturated rings. The molecule has 23 heavy (non-hydrogen) atoms. The second-order valence-electron chi connectivity index (χ2n) is 6.51. The van der Waals surface area contributed by atoms with E-state index in [0.29, 0.717) is 12.5 Å². The van der Waals surface area contributed by atoms with Gasteiger partial charge >= 0.3 is 0 Å². The van der Waals surface area contributed by atoms with E-state index in [2.05, 4.69) is 19.1 Å². The Morgan fingerprint density at radius 3 is 2.26 bits per heavy atom. The van der Waals surface area contributed by atoms with Crippen molar-refractivity contribution in [2.24, 2.45) is 5.14 Å². The highest BCUT2D eigenvalue weighted by molar-refractivity contribution is 7.84. The minimum absolute atomic E-state index is 0.292. The van der Waals surface area contributed by atoms with Gasteiger partial charge in [-0.1, -0.05) is 49.4 Å². The lowest BCUT2D eigenvalue weighted by molar-refractivity contribution is 0.306. The molecule has 0 heterocycles. The topological polar surface area (TPSA) is 52.3 Å². The van der Waals surface area contributed by atoms with E-state index < -0.39 is 11.0 Å². The molecule has 0 spiro atoms. The molecule has 2 aromatic carbocycles. The summed E-state index contributed by atoms with van der Waals surface area (Å²) in [4.78, 5) is 0. The monoisotopic (exact) mass is 331 g/mol. The fraction of sp³-hybridized carbons (Fsp3) is 0.368. The van der Waals surface area contributed by atoms with Crippen LogP contribution in [0.25, 0.3) is 0 Å². The van der Waals surface area contributed by atoms with Gasteiger partial charge in [0.1, 0.15) is 12.4 Å². The van der Waals surface area contributed by atoms with Crippen molar-refractivity contribution in [3.63, 3.8) is 0 Å². The summed E-state index contributed by atoms with van der Waals surface area (Å²) in [7, 11) is -1.32.